The molecule has 1 aliphatic rings. The highest BCUT2D eigenvalue weighted by atomic mass is 35.5. The van der Waals surface area contributed by atoms with Gasteiger partial charge in [0.05, 0.1) is 25.0 Å². The normalized spacial score (nSPS) is 15.8. The molecule has 2 aromatic rings. The van der Waals surface area contributed by atoms with Crippen molar-refractivity contribution < 1.29 is 14.3 Å². The fourth-order valence-electron chi connectivity index (χ4n) is 3.40. The fraction of sp³-hybridized carbons (Fsp3) is 0.318. The summed E-state index contributed by atoms with van der Waals surface area (Å²) in [6, 6.07) is 16.3. The molecule has 0 saturated carbocycles. The van der Waals surface area contributed by atoms with E-state index in [1.807, 2.05) is 6.92 Å². The average Bonchev–Trinajstić information content (AvgIpc) is 3.11. The summed E-state index contributed by atoms with van der Waals surface area (Å²) in [4.78, 5) is 28.9. The molecule has 2 amide bonds. The van der Waals surface area contributed by atoms with Crippen LogP contribution in [0.5, 0.6) is 5.75 Å². The van der Waals surface area contributed by atoms with Gasteiger partial charge in [0, 0.05) is 35.9 Å². The van der Waals surface area contributed by atoms with Crippen molar-refractivity contribution in [1.82, 2.24) is 0 Å². The van der Waals surface area contributed by atoms with Crippen LogP contribution in [0.15, 0.2) is 48.5 Å². The lowest BCUT2D eigenvalue weighted by molar-refractivity contribution is -0.124. The third-order valence-electron chi connectivity index (χ3n) is 4.77. The van der Waals surface area contributed by atoms with Gasteiger partial charge in [-0.25, -0.2) is 0 Å². The second-order valence-corrected chi connectivity index (χ2v) is 7.15. The predicted octanol–water partition coefficient (Wildman–Crippen LogP) is 4.04. The molecule has 0 radical (unpaired) electrons. The largest absolute Gasteiger partial charge is 0.494 e. The highest BCUT2D eigenvalue weighted by Crippen LogP contribution is 2.30. The molecule has 0 aromatic heterocycles. The highest BCUT2D eigenvalue weighted by molar-refractivity contribution is 6.31. The number of carbonyl (C=O) groups is 2. The molecule has 3 rings (SSSR count). The number of nitrogens with zero attached hydrogens (tertiary/aromatic N) is 3. The van der Waals surface area contributed by atoms with Crippen molar-refractivity contribution >= 4 is 34.8 Å². The molecule has 0 N–H and O–H groups in total. The number of amides is 2. The van der Waals surface area contributed by atoms with Crippen LogP contribution in [0.3, 0.4) is 0 Å². The second kappa shape index (κ2) is 9.44. The number of ether oxygens (including phenoxy) is 1. The molecule has 0 aliphatic carbocycles. The topological polar surface area (TPSA) is 73.6 Å². The van der Waals surface area contributed by atoms with Crippen LogP contribution >= 0.6 is 11.6 Å². The van der Waals surface area contributed by atoms with Crippen molar-refractivity contribution in [2.45, 2.75) is 19.8 Å². The Hall–Kier alpha value is -3.04. The summed E-state index contributed by atoms with van der Waals surface area (Å²) in [5.74, 6) is -0.0429. The number of rotatable bonds is 7. The number of hydrogen-bond donors (Lipinski definition) is 0. The number of carbonyl (C=O) groups excluding carboxylic acids is 2. The lowest BCUT2D eigenvalue weighted by Gasteiger charge is -2.25. The number of nitriles is 1. The maximum Gasteiger partial charge on any atom is 0.232 e. The maximum atomic E-state index is 13.2. The Morgan fingerprint density at radius 3 is 2.72 bits per heavy atom. The quantitative estimate of drug-likeness (QED) is 0.689. The fourth-order valence-corrected chi connectivity index (χ4v) is 3.59. The predicted molar refractivity (Wildman–Crippen MR) is 112 cm³/mol. The minimum Gasteiger partial charge on any atom is -0.494 e. The Kier molecular flexibility index (Phi) is 6.73. The molecule has 7 heteroatoms. The third-order valence-corrected chi connectivity index (χ3v) is 5.00. The molecule has 1 atom stereocenters. The molecule has 1 aliphatic heterocycles. The summed E-state index contributed by atoms with van der Waals surface area (Å²) in [6.45, 7) is 3.02. The molecule has 1 saturated heterocycles. The summed E-state index contributed by atoms with van der Waals surface area (Å²) in [6.07, 6.45) is 0.336. The van der Waals surface area contributed by atoms with Crippen LogP contribution in [0.1, 0.15) is 19.8 Å². The van der Waals surface area contributed by atoms with E-state index in [9.17, 15) is 9.59 Å². The van der Waals surface area contributed by atoms with Crippen molar-refractivity contribution in [2.75, 3.05) is 29.5 Å². The molecular formula is C22H22ClN3O3. The molecule has 0 bridgehead atoms. The lowest BCUT2D eigenvalue weighted by atomic mass is 10.1. The van der Waals surface area contributed by atoms with Crippen LogP contribution in [0.2, 0.25) is 5.02 Å². The van der Waals surface area contributed by atoms with Crippen molar-refractivity contribution in [3.05, 3.63) is 53.6 Å². The Morgan fingerprint density at radius 2 is 2.07 bits per heavy atom. The minimum absolute atomic E-state index is 0.113. The van der Waals surface area contributed by atoms with E-state index in [-0.39, 0.29) is 37.7 Å². The monoisotopic (exact) mass is 411 g/mol. The van der Waals surface area contributed by atoms with E-state index in [0.29, 0.717) is 28.8 Å². The van der Waals surface area contributed by atoms with Gasteiger partial charge in [0.2, 0.25) is 11.8 Å². The molecule has 0 spiro atoms. The molecule has 150 valence electrons. The van der Waals surface area contributed by atoms with Gasteiger partial charge >= 0.3 is 0 Å². The zero-order valence-electron chi connectivity index (χ0n) is 16.2. The summed E-state index contributed by atoms with van der Waals surface area (Å²) >= 11 is 6.04. The van der Waals surface area contributed by atoms with Gasteiger partial charge < -0.3 is 14.5 Å². The first-order chi connectivity index (χ1) is 14.0. The van der Waals surface area contributed by atoms with E-state index < -0.39 is 5.92 Å². The zero-order chi connectivity index (χ0) is 20.8. The lowest BCUT2D eigenvalue weighted by Crippen LogP contribution is -2.38. The Labute approximate surface area is 175 Å². The smallest absolute Gasteiger partial charge is 0.232 e. The number of halogens is 1. The van der Waals surface area contributed by atoms with Gasteiger partial charge in [-0.15, -0.1) is 0 Å². The first-order valence-corrected chi connectivity index (χ1v) is 9.88. The first-order valence-electron chi connectivity index (χ1n) is 9.50. The number of benzene rings is 2. The van der Waals surface area contributed by atoms with Crippen LogP contribution in [0, 0.1) is 17.2 Å². The van der Waals surface area contributed by atoms with Crippen LogP contribution in [0.4, 0.5) is 11.4 Å². The van der Waals surface area contributed by atoms with E-state index in [1.165, 1.54) is 0 Å². The summed E-state index contributed by atoms with van der Waals surface area (Å²) in [7, 11) is 0. The van der Waals surface area contributed by atoms with Crippen LogP contribution in [0.25, 0.3) is 0 Å². The van der Waals surface area contributed by atoms with Crippen LogP contribution < -0.4 is 14.5 Å². The van der Waals surface area contributed by atoms with Gasteiger partial charge in [-0.3, -0.25) is 9.59 Å². The van der Waals surface area contributed by atoms with Crippen LogP contribution in [-0.4, -0.2) is 31.5 Å². The average molecular weight is 412 g/mol. The molecule has 2 aromatic carbocycles. The Balaban J connectivity index is 1.79. The SMILES string of the molecule is CCOc1ccc(N(CCC#N)C(=O)C2CC(=O)N(c3cccc(Cl)c3)C2)cc1. The third kappa shape index (κ3) is 4.87. The van der Waals surface area contributed by atoms with E-state index >= 15 is 0 Å². The summed E-state index contributed by atoms with van der Waals surface area (Å²) < 4.78 is 5.45. The van der Waals surface area contributed by atoms with Crippen molar-refractivity contribution in [3.8, 4) is 11.8 Å². The standard InChI is InChI=1S/C22H22ClN3O3/c1-2-29-20-9-7-18(8-10-20)25(12-4-11-24)22(28)16-13-21(27)26(15-16)19-6-3-5-17(23)14-19/h3,5-10,14,16H,2,4,12-13,15H2,1H3. The Morgan fingerprint density at radius 1 is 1.31 bits per heavy atom. The molecule has 1 fully saturated rings. The minimum atomic E-state index is -0.480. The van der Waals surface area contributed by atoms with Crippen LogP contribution in [-0.2, 0) is 9.59 Å². The van der Waals surface area contributed by atoms with Crippen molar-refractivity contribution in [1.29, 1.82) is 5.26 Å². The summed E-state index contributed by atoms with van der Waals surface area (Å²) in [5.41, 5.74) is 1.37. The first kappa shape index (κ1) is 20.7. The number of anilines is 2. The molecular weight excluding hydrogens is 390 g/mol. The highest BCUT2D eigenvalue weighted by Gasteiger charge is 2.37. The molecule has 6 nitrogen and oxygen atoms in total. The van der Waals surface area contributed by atoms with Crippen molar-refractivity contribution in [3.63, 3.8) is 0 Å². The van der Waals surface area contributed by atoms with Gasteiger partial charge in [-0.1, -0.05) is 17.7 Å². The molecule has 1 unspecified atom stereocenters. The van der Waals surface area contributed by atoms with E-state index in [0.717, 1.165) is 0 Å². The maximum absolute atomic E-state index is 13.2. The van der Waals surface area contributed by atoms with Gasteiger partial charge in [0.25, 0.3) is 0 Å². The van der Waals surface area contributed by atoms with Gasteiger partial charge in [-0.2, -0.15) is 5.26 Å². The molecule has 1 heterocycles. The van der Waals surface area contributed by atoms with E-state index in [1.54, 1.807) is 58.3 Å². The Bertz CT molecular complexity index is 924. The van der Waals surface area contributed by atoms with Gasteiger partial charge in [0.1, 0.15) is 5.75 Å². The number of hydrogen-bond acceptors (Lipinski definition) is 4. The van der Waals surface area contributed by atoms with Crippen molar-refractivity contribution in [2.24, 2.45) is 5.92 Å². The summed E-state index contributed by atoms with van der Waals surface area (Å²) in [5, 5.41) is 9.54. The van der Waals surface area contributed by atoms with Gasteiger partial charge in [-0.05, 0) is 49.4 Å². The zero-order valence-corrected chi connectivity index (χ0v) is 16.9. The van der Waals surface area contributed by atoms with Gasteiger partial charge in [0.15, 0.2) is 0 Å². The van der Waals surface area contributed by atoms with E-state index in [2.05, 4.69) is 6.07 Å². The second-order valence-electron chi connectivity index (χ2n) is 6.71. The van der Waals surface area contributed by atoms with E-state index in [4.69, 9.17) is 21.6 Å². The molecule has 29 heavy (non-hydrogen) atoms.